The van der Waals surface area contributed by atoms with Gasteiger partial charge in [0.15, 0.2) is 11.5 Å². The molecule has 0 spiro atoms. The van der Waals surface area contributed by atoms with Crippen molar-refractivity contribution < 1.29 is 38.4 Å². The molecule has 0 aliphatic carbocycles. The summed E-state index contributed by atoms with van der Waals surface area (Å²) in [6.07, 6.45) is 4.97. The molecule has 1 N–H and O–H groups in total. The van der Waals surface area contributed by atoms with Crippen LogP contribution in [0, 0.1) is 6.92 Å². The second kappa shape index (κ2) is 16.2. The molecule has 12 heteroatoms. The Morgan fingerprint density at radius 2 is 1.47 bits per heavy atom. The predicted octanol–water partition coefficient (Wildman–Crippen LogP) is 7.50. The van der Waals surface area contributed by atoms with Crippen molar-refractivity contribution in [2.75, 3.05) is 48.6 Å². The minimum absolute atomic E-state index is 0.0228. The highest BCUT2D eigenvalue weighted by Crippen LogP contribution is 2.42. The number of carboxylic acids is 1. The number of fused-ring (bicyclic) bond motifs is 8. The maximum atomic E-state index is 14.0. The summed E-state index contributed by atoms with van der Waals surface area (Å²) in [7, 11) is 3.11. The van der Waals surface area contributed by atoms with Crippen LogP contribution in [0.3, 0.4) is 0 Å². The Bertz CT molecular complexity index is 2550. The molecule has 9 rings (SSSR count). The molecule has 2 atom stereocenters. The summed E-state index contributed by atoms with van der Waals surface area (Å²) in [5, 5.41) is 9.84. The van der Waals surface area contributed by atoms with Crippen molar-refractivity contribution in [2.24, 2.45) is 4.99 Å². The summed E-state index contributed by atoms with van der Waals surface area (Å²) in [5.74, 6) is 0.373. The molecule has 5 aromatic carbocycles. The van der Waals surface area contributed by atoms with Gasteiger partial charge in [0.05, 0.1) is 31.0 Å². The average Bonchev–Trinajstić information content (AvgIpc) is 3.75. The van der Waals surface area contributed by atoms with Crippen LogP contribution in [0.2, 0.25) is 0 Å². The van der Waals surface area contributed by atoms with E-state index in [1.165, 1.54) is 12.7 Å². The standard InChI is InChI=1S/C48H46N4O8/c1-29-16-38-32(12-13-35-20-33-8-4-6-10-41(33)51(35)47(38)55)22-43(29)59-27-30-17-31(19-36(18-30)50(14-15-57-2)26-46(53)54)28-60-45-24-40-39(23-44(45)58-3)48(56)52-37(25-49-40)21-34-9-5-7-11-42(34)52/h4-11,16-19,22-25,35,37H,12-15,20-21,26-28H2,1-3H3,(H,53,54)/t35-,37+/m1/s1. The first-order valence-electron chi connectivity index (χ1n) is 20.3. The Hall–Kier alpha value is -6.66. The number of para-hydroxylation sites is 2. The van der Waals surface area contributed by atoms with Gasteiger partial charge < -0.3 is 33.9 Å². The van der Waals surface area contributed by atoms with Crippen LogP contribution in [0.15, 0.2) is 96.0 Å². The zero-order chi connectivity index (χ0) is 41.5. The van der Waals surface area contributed by atoms with E-state index in [4.69, 9.17) is 23.9 Å². The molecule has 2 amide bonds. The zero-order valence-electron chi connectivity index (χ0n) is 33.9. The second-order valence-corrected chi connectivity index (χ2v) is 15.7. The van der Waals surface area contributed by atoms with E-state index in [0.717, 1.165) is 58.5 Å². The number of methoxy groups -OCH3 is 2. The maximum Gasteiger partial charge on any atom is 0.323 e. The number of benzene rings is 5. The number of rotatable bonds is 13. The van der Waals surface area contributed by atoms with E-state index in [2.05, 4.69) is 6.07 Å². The number of aliphatic carboxylic acids is 1. The summed E-state index contributed by atoms with van der Waals surface area (Å²) in [6.45, 7) is 2.67. The number of amides is 2. The molecule has 5 aromatic rings. The van der Waals surface area contributed by atoms with Gasteiger partial charge in [-0.1, -0.05) is 36.4 Å². The predicted molar refractivity (Wildman–Crippen MR) is 229 cm³/mol. The van der Waals surface area contributed by atoms with Crippen LogP contribution in [0.4, 0.5) is 22.7 Å². The van der Waals surface area contributed by atoms with Gasteiger partial charge in [0.25, 0.3) is 11.8 Å². The number of aryl methyl sites for hydroxylation is 2. The number of carboxylic acid groups (broad SMARTS) is 1. The van der Waals surface area contributed by atoms with Gasteiger partial charge in [-0.05, 0) is 108 Å². The lowest BCUT2D eigenvalue weighted by Crippen LogP contribution is -2.37. The molecular formula is C48H46N4O8. The molecule has 0 bridgehead atoms. The molecule has 0 saturated carbocycles. The topological polar surface area (TPSA) is 130 Å². The summed E-state index contributed by atoms with van der Waals surface area (Å²) < 4.78 is 24.0. The highest BCUT2D eigenvalue weighted by atomic mass is 16.5. The number of carbonyl (C=O) groups is 3. The molecule has 4 heterocycles. The van der Waals surface area contributed by atoms with Crippen molar-refractivity contribution in [3.8, 4) is 17.2 Å². The molecule has 12 nitrogen and oxygen atoms in total. The number of hydrogen-bond donors (Lipinski definition) is 1. The Kier molecular flexibility index (Phi) is 10.5. The van der Waals surface area contributed by atoms with E-state index in [9.17, 15) is 19.5 Å². The van der Waals surface area contributed by atoms with Crippen LogP contribution < -0.4 is 28.9 Å². The summed E-state index contributed by atoms with van der Waals surface area (Å²) in [6, 6.07) is 29.1. The highest BCUT2D eigenvalue weighted by Gasteiger charge is 2.38. The van der Waals surface area contributed by atoms with E-state index >= 15 is 0 Å². The number of hydrogen-bond acceptors (Lipinski definition) is 9. The van der Waals surface area contributed by atoms with Gasteiger partial charge in [-0.3, -0.25) is 24.3 Å². The summed E-state index contributed by atoms with van der Waals surface area (Å²) >= 11 is 0. The second-order valence-electron chi connectivity index (χ2n) is 15.7. The van der Waals surface area contributed by atoms with Gasteiger partial charge in [-0.2, -0.15) is 0 Å². The fraction of sp³-hybridized carbons (Fsp3) is 0.292. The number of anilines is 3. The van der Waals surface area contributed by atoms with Crippen molar-refractivity contribution in [1.29, 1.82) is 0 Å². The molecule has 0 aromatic heterocycles. The molecule has 306 valence electrons. The van der Waals surface area contributed by atoms with Crippen LogP contribution in [-0.4, -0.2) is 75.1 Å². The Morgan fingerprint density at radius 1 is 0.783 bits per heavy atom. The number of nitrogens with zero attached hydrogens (tertiary/aromatic N) is 4. The molecule has 60 heavy (non-hydrogen) atoms. The van der Waals surface area contributed by atoms with Crippen LogP contribution in [-0.2, 0) is 42.0 Å². The van der Waals surface area contributed by atoms with Gasteiger partial charge in [-0.15, -0.1) is 0 Å². The molecule has 0 unspecified atom stereocenters. The number of ether oxygens (including phenoxy) is 4. The Balaban J connectivity index is 0.982. The quantitative estimate of drug-likeness (QED) is 0.129. The van der Waals surface area contributed by atoms with Crippen molar-refractivity contribution in [1.82, 2.24) is 0 Å². The lowest BCUT2D eigenvalue weighted by molar-refractivity contribution is -0.135. The van der Waals surface area contributed by atoms with Gasteiger partial charge in [0.1, 0.15) is 25.5 Å². The molecule has 0 saturated heterocycles. The third kappa shape index (κ3) is 7.32. The average molecular weight is 807 g/mol. The summed E-state index contributed by atoms with van der Waals surface area (Å²) in [4.78, 5) is 50.2. The van der Waals surface area contributed by atoms with Crippen LogP contribution in [0.25, 0.3) is 0 Å². The van der Waals surface area contributed by atoms with Crippen molar-refractivity contribution in [3.05, 3.63) is 136 Å². The molecular weight excluding hydrogens is 761 g/mol. The first-order chi connectivity index (χ1) is 29.2. The normalized spacial score (nSPS) is 17.1. The van der Waals surface area contributed by atoms with Gasteiger partial charge in [-0.25, -0.2) is 0 Å². The zero-order valence-corrected chi connectivity index (χ0v) is 33.9. The maximum absolute atomic E-state index is 14.0. The largest absolute Gasteiger partial charge is 0.493 e. The van der Waals surface area contributed by atoms with E-state index < -0.39 is 5.97 Å². The van der Waals surface area contributed by atoms with Crippen molar-refractivity contribution in [2.45, 2.75) is 57.9 Å². The monoisotopic (exact) mass is 806 g/mol. The summed E-state index contributed by atoms with van der Waals surface area (Å²) in [5.41, 5.74) is 9.85. The van der Waals surface area contributed by atoms with Gasteiger partial charge in [0, 0.05) is 61.0 Å². The minimum atomic E-state index is -0.974. The Labute approximate surface area is 348 Å². The van der Waals surface area contributed by atoms with E-state index in [0.29, 0.717) is 59.3 Å². The van der Waals surface area contributed by atoms with Crippen LogP contribution in [0.5, 0.6) is 17.2 Å². The third-order valence-electron chi connectivity index (χ3n) is 11.9. The third-order valence-corrected chi connectivity index (χ3v) is 11.9. The lowest BCUT2D eigenvalue weighted by atomic mass is 9.98. The van der Waals surface area contributed by atoms with Gasteiger partial charge in [0.2, 0.25) is 0 Å². The molecule has 4 aliphatic rings. The smallest absolute Gasteiger partial charge is 0.323 e. The fourth-order valence-corrected chi connectivity index (χ4v) is 8.98. The Morgan fingerprint density at radius 3 is 2.18 bits per heavy atom. The van der Waals surface area contributed by atoms with E-state index in [1.807, 2.05) is 90.8 Å². The number of carbonyl (C=O) groups excluding carboxylic acids is 2. The molecule has 0 radical (unpaired) electrons. The SMILES string of the molecule is COCCN(CC(=O)O)c1cc(COc2cc3c(cc2C)C(=O)N2c4ccccc4C[C@H]2CC3)cc(COc2cc3c(cc2OC)C(=O)N2c4ccccc4C[C@H]2C=N3)c1. The lowest BCUT2D eigenvalue weighted by Gasteiger charge is -2.24. The molecule has 4 aliphatic heterocycles. The fourth-order valence-electron chi connectivity index (χ4n) is 8.98. The van der Waals surface area contributed by atoms with Crippen LogP contribution >= 0.6 is 0 Å². The minimum Gasteiger partial charge on any atom is -0.493 e. The number of aliphatic imine (C=N–C) groups is 1. The van der Waals surface area contributed by atoms with Crippen LogP contribution in [0.1, 0.15) is 60.5 Å². The van der Waals surface area contributed by atoms with Gasteiger partial charge >= 0.3 is 5.97 Å². The first-order valence-corrected chi connectivity index (χ1v) is 20.3. The van der Waals surface area contributed by atoms with E-state index in [1.54, 1.807) is 29.0 Å². The van der Waals surface area contributed by atoms with Crippen molar-refractivity contribution in [3.63, 3.8) is 0 Å². The van der Waals surface area contributed by atoms with E-state index in [-0.39, 0.29) is 43.7 Å². The first kappa shape index (κ1) is 38.8. The molecule has 0 fully saturated rings. The highest BCUT2D eigenvalue weighted by molar-refractivity contribution is 6.15. The van der Waals surface area contributed by atoms with Crippen molar-refractivity contribution >= 4 is 46.7 Å².